The van der Waals surface area contributed by atoms with Gasteiger partial charge >= 0.3 is 0 Å². The molecule has 1 N–H and O–H groups in total. The van der Waals surface area contributed by atoms with Crippen molar-refractivity contribution < 1.29 is 5.11 Å². The van der Waals surface area contributed by atoms with E-state index < -0.39 is 0 Å². The van der Waals surface area contributed by atoms with Crippen LogP contribution in [0.15, 0.2) is 18.2 Å². The van der Waals surface area contributed by atoms with Crippen molar-refractivity contribution in [1.29, 1.82) is 0 Å². The molecule has 15 heavy (non-hydrogen) atoms. The van der Waals surface area contributed by atoms with Crippen LogP contribution in [0, 0.1) is 13.8 Å². The van der Waals surface area contributed by atoms with Crippen LogP contribution in [0.25, 0.3) is 0 Å². The third kappa shape index (κ3) is 3.07. The number of rotatable bonds is 5. The third-order valence-corrected chi connectivity index (χ3v) is 3.20. The van der Waals surface area contributed by atoms with Crippen molar-refractivity contribution in [3.05, 3.63) is 34.9 Å². The monoisotopic (exact) mass is 206 g/mol. The summed E-state index contributed by atoms with van der Waals surface area (Å²) in [6.07, 6.45) is 3.24. The largest absolute Gasteiger partial charge is 0.396 e. The van der Waals surface area contributed by atoms with E-state index in [0.29, 0.717) is 5.92 Å². The van der Waals surface area contributed by atoms with E-state index in [0.717, 1.165) is 6.42 Å². The Morgan fingerprint density at radius 2 is 1.93 bits per heavy atom. The normalized spacial score (nSPS) is 12.8. The first-order valence-electron chi connectivity index (χ1n) is 5.87. The summed E-state index contributed by atoms with van der Waals surface area (Å²) in [6.45, 7) is 6.83. The van der Waals surface area contributed by atoms with Gasteiger partial charge < -0.3 is 5.11 Å². The molecule has 0 radical (unpaired) electrons. The summed E-state index contributed by atoms with van der Waals surface area (Å²) < 4.78 is 0. The average Bonchev–Trinajstić information content (AvgIpc) is 2.22. The van der Waals surface area contributed by atoms with Crippen LogP contribution in [-0.2, 0) is 0 Å². The van der Waals surface area contributed by atoms with Crippen LogP contribution in [0.1, 0.15) is 48.8 Å². The van der Waals surface area contributed by atoms with Gasteiger partial charge in [0.2, 0.25) is 0 Å². The lowest BCUT2D eigenvalue weighted by atomic mass is 9.87. The van der Waals surface area contributed by atoms with Gasteiger partial charge in [-0.25, -0.2) is 0 Å². The summed E-state index contributed by atoms with van der Waals surface area (Å²) in [5.74, 6) is 0.528. The highest BCUT2D eigenvalue weighted by Crippen LogP contribution is 2.28. The molecule has 0 aliphatic carbocycles. The minimum atomic E-state index is 0.290. The molecule has 84 valence electrons. The predicted molar refractivity (Wildman–Crippen MR) is 65.3 cm³/mol. The fraction of sp³-hybridized carbons (Fsp3) is 0.571. The van der Waals surface area contributed by atoms with Gasteiger partial charge in [0.1, 0.15) is 0 Å². The number of aryl methyl sites for hydroxylation is 1. The summed E-state index contributed by atoms with van der Waals surface area (Å²) in [5.41, 5.74) is 4.17. The van der Waals surface area contributed by atoms with Crippen molar-refractivity contribution in [2.45, 2.75) is 46.0 Å². The molecule has 0 saturated carbocycles. The highest BCUT2D eigenvalue weighted by molar-refractivity contribution is 5.35. The maximum absolute atomic E-state index is 9.08. The van der Waals surface area contributed by atoms with Gasteiger partial charge in [0.15, 0.2) is 0 Å². The van der Waals surface area contributed by atoms with E-state index in [4.69, 9.17) is 5.11 Å². The molecule has 1 aromatic rings. The lowest BCUT2D eigenvalue weighted by Gasteiger charge is -2.19. The van der Waals surface area contributed by atoms with E-state index in [1.807, 2.05) is 0 Å². The Labute approximate surface area is 93.1 Å². The van der Waals surface area contributed by atoms with Crippen molar-refractivity contribution in [2.75, 3.05) is 6.61 Å². The Bertz CT molecular complexity index is 298. The second-order valence-corrected chi connectivity index (χ2v) is 4.29. The third-order valence-electron chi connectivity index (χ3n) is 3.20. The SMILES string of the molecule is CCCC(CCO)c1cccc(C)c1C. The number of hydrogen-bond acceptors (Lipinski definition) is 1. The van der Waals surface area contributed by atoms with Crippen molar-refractivity contribution in [2.24, 2.45) is 0 Å². The molecule has 1 heteroatoms. The Morgan fingerprint density at radius 1 is 1.20 bits per heavy atom. The zero-order chi connectivity index (χ0) is 11.3. The molecule has 0 heterocycles. The minimum absolute atomic E-state index is 0.290. The van der Waals surface area contributed by atoms with Gasteiger partial charge in [-0.2, -0.15) is 0 Å². The maximum Gasteiger partial charge on any atom is 0.0436 e. The van der Waals surface area contributed by atoms with Gasteiger partial charge in [0.25, 0.3) is 0 Å². The fourth-order valence-corrected chi connectivity index (χ4v) is 2.18. The minimum Gasteiger partial charge on any atom is -0.396 e. The number of benzene rings is 1. The molecule has 0 saturated heterocycles. The van der Waals surface area contributed by atoms with Crippen LogP contribution >= 0.6 is 0 Å². The van der Waals surface area contributed by atoms with Gasteiger partial charge in [0.05, 0.1) is 0 Å². The smallest absolute Gasteiger partial charge is 0.0436 e. The Kier molecular flexibility index (Phi) is 4.83. The highest BCUT2D eigenvalue weighted by atomic mass is 16.3. The van der Waals surface area contributed by atoms with E-state index >= 15 is 0 Å². The van der Waals surface area contributed by atoms with Crippen LogP contribution in [-0.4, -0.2) is 11.7 Å². The zero-order valence-electron chi connectivity index (χ0n) is 10.1. The molecular weight excluding hydrogens is 184 g/mol. The van der Waals surface area contributed by atoms with E-state index in [1.54, 1.807) is 0 Å². The standard InChI is InChI=1S/C14H22O/c1-4-6-13(9-10-15)14-8-5-7-11(2)12(14)3/h5,7-8,13,15H,4,6,9-10H2,1-3H3. The van der Waals surface area contributed by atoms with E-state index in [9.17, 15) is 0 Å². The van der Waals surface area contributed by atoms with E-state index in [-0.39, 0.29) is 6.61 Å². The van der Waals surface area contributed by atoms with E-state index in [2.05, 4.69) is 39.0 Å². The summed E-state index contributed by atoms with van der Waals surface area (Å²) in [4.78, 5) is 0. The highest BCUT2D eigenvalue weighted by Gasteiger charge is 2.12. The van der Waals surface area contributed by atoms with Crippen LogP contribution in [0.3, 0.4) is 0 Å². The topological polar surface area (TPSA) is 20.2 Å². The maximum atomic E-state index is 9.08. The molecule has 1 rings (SSSR count). The molecule has 0 amide bonds. The first-order valence-corrected chi connectivity index (χ1v) is 5.87. The second-order valence-electron chi connectivity index (χ2n) is 4.29. The van der Waals surface area contributed by atoms with Crippen molar-refractivity contribution in [3.8, 4) is 0 Å². The number of aliphatic hydroxyl groups is 1. The van der Waals surface area contributed by atoms with Crippen molar-refractivity contribution in [1.82, 2.24) is 0 Å². The molecule has 1 unspecified atom stereocenters. The van der Waals surface area contributed by atoms with Crippen LogP contribution in [0.5, 0.6) is 0 Å². The zero-order valence-corrected chi connectivity index (χ0v) is 10.1. The van der Waals surface area contributed by atoms with Crippen molar-refractivity contribution >= 4 is 0 Å². The molecule has 0 fully saturated rings. The fourth-order valence-electron chi connectivity index (χ4n) is 2.18. The molecule has 0 bridgehead atoms. The lowest BCUT2D eigenvalue weighted by molar-refractivity contribution is 0.272. The lowest BCUT2D eigenvalue weighted by Crippen LogP contribution is -2.04. The molecule has 1 atom stereocenters. The van der Waals surface area contributed by atoms with Crippen LogP contribution in [0.4, 0.5) is 0 Å². The Morgan fingerprint density at radius 3 is 2.53 bits per heavy atom. The molecule has 0 aromatic heterocycles. The molecule has 1 nitrogen and oxygen atoms in total. The molecular formula is C14H22O. The average molecular weight is 206 g/mol. The van der Waals surface area contributed by atoms with Crippen LogP contribution in [0.2, 0.25) is 0 Å². The Balaban J connectivity index is 2.94. The van der Waals surface area contributed by atoms with Gasteiger partial charge in [-0.3, -0.25) is 0 Å². The first-order chi connectivity index (χ1) is 7.20. The molecule has 0 aliphatic rings. The first kappa shape index (κ1) is 12.3. The molecule has 1 aromatic carbocycles. The van der Waals surface area contributed by atoms with E-state index in [1.165, 1.54) is 29.5 Å². The van der Waals surface area contributed by atoms with Gasteiger partial charge in [-0.15, -0.1) is 0 Å². The quantitative estimate of drug-likeness (QED) is 0.781. The summed E-state index contributed by atoms with van der Waals surface area (Å²) >= 11 is 0. The summed E-state index contributed by atoms with van der Waals surface area (Å²) in [6, 6.07) is 6.48. The van der Waals surface area contributed by atoms with Gasteiger partial charge in [-0.1, -0.05) is 31.5 Å². The molecule has 0 spiro atoms. The van der Waals surface area contributed by atoms with Gasteiger partial charge in [0, 0.05) is 6.61 Å². The number of hydrogen-bond donors (Lipinski definition) is 1. The number of aliphatic hydroxyl groups excluding tert-OH is 1. The summed E-state index contributed by atoms with van der Waals surface area (Å²) in [5, 5.41) is 9.08. The van der Waals surface area contributed by atoms with Gasteiger partial charge in [-0.05, 0) is 49.3 Å². The Hall–Kier alpha value is -0.820. The summed E-state index contributed by atoms with van der Waals surface area (Å²) in [7, 11) is 0. The second kappa shape index (κ2) is 5.92. The van der Waals surface area contributed by atoms with Crippen molar-refractivity contribution in [3.63, 3.8) is 0 Å². The van der Waals surface area contributed by atoms with Crippen LogP contribution < -0.4 is 0 Å². The molecule has 0 aliphatic heterocycles. The predicted octanol–water partition coefficient (Wildman–Crippen LogP) is 3.57.